The number of rotatable bonds is 7. The highest BCUT2D eigenvalue weighted by Crippen LogP contribution is 2.32. The van der Waals surface area contributed by atoms with Gasteiger partial charge in [-0.15, -0.1) is 0 Å². The van der Waals surface area contributed by atoms with Gasteiger partial charge in [0.1, 0.15) is 12.2 Å². The number of nitrogens with one attached hydrogen (secondary N) is 1. The molecule has 31 heavy (non-hydrogen) atoms. The molecule has 0 aliphatic carbocycles. The van der Waals surface area contributed by atoms with Crippen molar-refractivity contribution in [2.24, 2.45) is 0 Å². The van der Waals surface area contributed by atoms with Gasteiger partial charge in [-0.3, -0.25) is 14.9 Å². The first-order valence-corrected chi connectivity index (χ1v) is 11.0. The van der Waals surface area contributed by atoms with Crippen molar-refractivity contribution >= 4 is 56.2 Å². The van der Waals surface area contributed by atoms with Crippen LogP contribution in [0.25, 0.3) is 0 Å². The second-order valence-corrected chi connectivity index (χ2v) is 8.92. The van der Waals surface area contributed by atoms with Gasteiger partial charge in [0.2, 0.25) is 5.91 Å². The summed E-state index contributed by atoms with van der Waals surface area (Å²) in [6.07, 6.45) is 0. The van der Waals surface area contributed by atoms with Crippen molar-refractivity contribution in [2.75, 3.05) is 16.2 Å². The van der Waals surface area contributed by atoms with Gasteiger partial charge in [0, 0.05) is 11.8 Å². The number of para-hydroxylation sites is 2. The van der Waals surface area contributed by atoms with Crippen molar-refractivity contribution in [2.45, 2.75) is 4.90 Å². The number of benzene rings is 3. The molecule has 0 aliphatic rings. The molecule has 11 heteroatoms. The van der Waals surface area contributed by atoms with E-state index < -0.39 is 33.1 Å². The normalized spacial score (nSPS) is 11.0. The second-order valence-electron chi connectivity index (χ2n) is 6.25. The van der Waals surface area contributed by atoms with E-state index in [1.54, 1.807) is 6.07 Å². The summed E-state index contributed by atoms with van der Waals surface area (Å²) < 4.78 is 27.3. The zero-order valence-electron chi connectivity index (χ0n) is 15.7. The average Bonchev–Trinajstić information content (AvgIpc) is 2.75. The smallest absolute Gasteiger partial charge is 0.293 e. The van der Waals surface area contributed by atoms with E-state index in [1.807, 2.05) is 0 Å². The standard InChI is InChI=1S/C20H15Cl2N3O5S/c21-16-11-10-14(12-17(16)22)23-20(26)13-24(18-8-4-5-9-19(18)25(27)28)31(29,30)15-6-2-1-3-7-15/h1-12H,13H2,(H,23,26). The molecule has 0 atom stereocenters. The molecule has 0 saturated carbocycles. The third kappa shape index (κ3) is 5.13. The van der Waals surface area contributed by atoms with Gasteiger partial charge in [0.25, 0.3) is 15.7 Å². The van der Waals surface area contributed by atoms with E-state index in [-0.39, 0.29) is 20.6 Å². The van der Waals surface area contributed by atoms with Gasteiger partial charge in [0.15, 0.2) is 0 Å². The Kier molecular flexibility index (Phi) is 6.79. The molecule has 8 nitrogen and oxygen atoms in total. The molecular formula is C20H15Cl2N3O5S. The summed E-state index contributed by atoms with van der Waals surface area (Å²) in [5.41, 5.74) is -0.399. The van der Waals surface area contributed by atoms with Crippen LogP contribution in [0.3, 0.4) is 0 Å². The number of nitro groups is 1. The number of nitro benzene ring substituents is 1. The monoisotopic (exact) mass is 479 g/mol. The average molecular weight is 480 g/mol. The molecule has 1 N–H and O–H groups in total. The second kappa shape index (κ2) is 9.34. The van der Waals surface area contributed by atoms with Crippen LogP contribution in [0.15, 0.2) is 77.7 Å². The minimum absolute atomic E-state index is 0.115. The zero-order chi connectivity index (χ0) is 22.6. The Hall–Kier alpha value is -3.14. The summed E-state index contributed by atoms with van der Waals surface area (Å²) in [7, 11) is -4.29. The Morgan fingerprint density at radius 1 is 0.968 bits per heavy atom. The minimum atomic E-state index is -4.29. The number of amides is 1. The highest BCUT2D eigenvalue weighted by molar-refractivity contribution is 7.92. The molecule has 3 rings (SSSR count). The summed E-state index contributed by atoms with van der Waals surface area (Å²) in [4.78, 5) is 23.4. The number of carbonyl (C=O) groups is 1. The SMILES string of the molecule is O=C(CN(c1ccccc1[N+](=O)[O-])S(=O)(=O)c1ccccc1)Nc1ccc(Cl)c(Cl)c1. The molecule has 0 spiro atoms. The quantitative estimate of drug-likeness (QED) is 0.388. The number of carbonyl (C=O) groups excluding carboxylic acids is 1. The summed E-state index contributed by atoms with van der Waals surface area (Å²) in [5, 5.41) is 14.5. The summed E-state index contributed by atoms with van der Waals surface area (Å²) >= 11 is 11.8. The lowest BCUT2D eigenvalue weighted by Crippen LogP contribution is -2.38. The largest absolute Gasteiger partial charge is 0.324 e. The molecule has 0 heterocycles. The fourth-order valence-corrected chi connectivity index (χ4v) is 4.51. The van der Waals surface area contributed by atoms with E-state index >= 15 is 0 Å². The highest BCUT2D eigenvalue weighted by atomic mass is 35.5. The van der Waals surface area contributed by atoms with E-state index in [4.69, 9.17) is 23.2 Å². The first-order valence-electron chi connectivity index (χ1n) is 8.76. The van der Waals surface area contributed by atoms with Crippen molar-refractivity contribution < 1.29 is 18.1 Å². The lowest BCUT2D eigenvalue weighted by molar-refractivity contribution is -0.384. The maximum Gasteiger partial charge on any atom is 0.293 e. The molecule has 0 bridgehead atoms. The summed E-state index contributed by atoms with van der Waals surface area (Å²) in [6.45, 7) is -0.706. The van der Waals surface area contributed by atoms with E-state index in [2.05, 4.69) is 5.32 Å². The van der Waals surface area contributed by atoms with E-state index in [9.17, 15) is 23.3 Å². The molecule has 0 fully saturated rings. The molecule has 0 radical (unpaired) electrons. The Labute approximate surface area is 188 Å². The Morgan fingerprint density at radius 2 is 1.61 bits per heavy atom. The number of sulfonamides is 1. The van der Waals surface area contributed by atoms with Gasteiger partial charge < -0.3 is 5.32 Å². The van der Waals surface area contributed by atoms with Crippen LogP contribution in [-0.4, -0.2) is 25.8 Å². The topological polar surface area (TPSA) is 110 Å². The van der Waals surface area contributed by atoms with Crippen LogP contribution in [0, 0.1) is 10.1 Å². The Bertz CT molecular complexity index is 1240. The number of hydrogen-bond acceptors (Lipinski definition) is 5. The van der Waals surface area contributed by atoms with Crippen molar-refractivity contribution in [3.8, 4) is 0 Å². The molecule has 0 unspecified atom stereocenters. The summed E-state index contributed by atoms with van der Waals surface area (Å²) in [5.74, 6) is -0.726. The molecule has 3 aromatic carbocycles. The fraction of sp³-hybridized carbons (Fsp3) is 0.0500. The van der Waals surface area contributed by atoms with Crippen molar-refractivity contribution in [3.05, 3.63) is 93.0 Å². The number of anilines is 2. The zero-order valence-corrected chi connectivity index (χ0v) is 18.1. The Balaban J connectivity index is 2.01. The van der Waals surface area contributed by atoms with Crippen LogP contribution in [0.4, 0.5) is 17.1 Å². The first kappa shape index (κ1) is 22.5. The predicted molar refractivity (Wildman–Crippen MR) is 119 cm³/mol. The number of hydrogen-bond donors (Lipinski definition) is 1. The van der Waals surface area contributed by atoms with E-state index in [0.717, 1.165) is 0 Å². The van der Waals surface area contributed by atoms with Gasteiger partial charge in [-0.05, 0) is 36.4 Å². The molecule has 0 aromatic heterocycles. The fourth-order valence-electron chi connectivity index (χ4n) is 2.75. The van der Waals surface area contributed by atoms with Crippen molar-refractivity contribution in [3.63, 3.8) is 0 Å². The third-order valence-corrected chi connectivity index (χ3v) is 6.68. The maximum atomic E-state index is 13.3. The maximum absolute atomic E-state index is 13.3. The van der Waals surface area contributed by atoms with Crippen LogP contribution < -0.4 is 9.62 Å². The first-order chi connectivity index (χ1) is 14.7. The molecule has 0 saturated heterocycles. The molecular weight excluding hydrogens is 465 g/mol. The van der Waals surface area contributed by atoms with Crippen LogP contribution in [0.5, 0.6) is 0 Å². The Morgan fingerprint density at radius 3 is 2.26 bits per heavy atom. The number of nitrogens with zero attached hydrogens (tertiary/aromatic N) is 2. The van der Waals surface area contributed by atoms with Crippen molar-refractivity contribution in [1.82, 2.24) is 0 Å². The predicted octanol–water partition coefficient (Wildman–Crippen LogP) is 4.74. The van der Waals surface area contributed by atoms with Gasteiger partial charge in [-0.25, -0.2) is 12.7 Å². The lowest BCUT2D eigenvalue weighted by Gasteiger charge is -2.23. The van der Waals surface area contributed by atoms with Crippen LogP contribution in [0.2, 0.25) is 10.0 Å². The molecule has 3 aromatic rings. The van der Waals surface area contributed by atoms with E-state index in [0.29, 0.717) is 9.99 Å². The van der Waals surface area contributed by atoms with Crippen molar-refractivity contribution in [1.29, 1.82) is 0 Å². The highest BCUT2D eigenvalue weighted by Gasteiger charge is 2.31. The molecule has 0 aliphatic heterocycles. The van der Waals surface area contributed by atoms with Gasteiger partial charge in [-0.1, -0.05) is 53.5 Å². The van der Waals surface area contributed by atoms with Gasteiger partial charge >= 0.3 is 0 Å². The van der Waals surface area contributed by atoms with Crippen LogP contribution in [-0.2, 0) is 14.8 Å². The number of halogens is 2. The van der Waals surface area contributed by atoms with E-state index in [1.165, 1.54) is 66.7 Å². The molecule has 1 amide bonds. The third-order valence-electron chi connectivity index (χ3n) is 4.17. The van der Waals surface area contributed by atoms with Crippen LogP contribution in [0.1, 0.15) is 0 Å². The molecule has 160 valence electrons. The van der Waals surface area contributed by atoms with Crippen LogP contribution >= 0.6 is 23.2 Å². The summed E-state index contributed by atoms with van der Waals surface area (Å²) in [6, 6.07) is 17.0. The van der Waals surface area contributed by atoms with Gasteiger partial charge in [0.05, 0.1) is 19.9 Å². The lowest BCUT2D eigenvalue weighted by atomic mass is 10.2. The minimum Gasteiger partial charge on any atom is -0.324 e. The van der Waals surface area contributed by atoms with Gasteiger partial charge in [-0.2, -0.15) is 0 Å².